The lowest BCUT2D eigenvalue weighted by molar-refractivity contribution is -0.345. The molecule has 1 aliphatic rings. The average Bonchev–Trinajstić information content (AvgIpc) is 2.30. The molecule has 1 aromatic rings. The third-order valence-electron chi connectivity index (χ3n) is 2.93. The number of likely N-dealkylation sites (N-methyl/N-ethyl adjacent to an activating group) is 1. The van der Waals surface area contributed by atoms with E-state index in [-0.39, 0.29) is 5.72 Å². The molecule has 0 spiro atoms. The van der Waals surface area contributed by atoms with Crippen molar-refractivity contribution in [3.8, 4) is 0 Å². The second kappa shape index (κ2) is 4.95. The van der Waals surface area contributed by atoms with Crippen LogP contribution in [0.1, 0.15) is 19.4 Å². The number of rotatable bonds is 3. The molecule has 1 heterocycles. The maximum absolute atomic E-state index is 5.87. The van der Waals surface area contributed by atoms with E-state index in [1.54, 1.807) is 0 Å². The molecular formula is C13H19NO2. The number of hydrogen-bond donors (Lipinski definition) is 0. The molecule has 3 nitrogen and oxygen atoms in total. The van der Waals surface area contributed by atoms with Gasteiger partial charge in [-0.25, -0.2) is 0 Å². The molecule has 0 radical (unpaired) electrons. The highest BCUT2D eigenvalue weighted by atomic mass is 16.7. The van der Waals surface area contributed by atoms with Crippen molar-refractivity contribution < 1.29 is 9.57 Å². The van der Waals surface area contributed by atoms with Crippen molar-refractivity contribution in [2.24, 2.45) is 0 Å². The summed E-state index contributed by atoms with van der Waals surface area (Å²) < 4.78 is 5.87. The van der Waals surface area contributed by atoms with Crippen molar-refractivity contribution in [3.05, 3.63) is 35.9 Å². The standard InChI is InChI=1S/C13H19NO2/c1-3-14-13(2,15-9-10-16-14)11-12-7-5-4-6-8-12/h4-8H,3,9-11H2,1-2H3. The number of hydroxylamine groups is 2. The molecule has 0 N–H and O–H groups in total. The summed E-state index contributed by atoms with van der Waals surface area (Å²) in [6.45, 7) is 6.32. The van der Waals surface area contributed by atoms with Crippen molar-refractivity contribution in [3.63, 3.8) is 0 Å². The Labute approximate surface area is 96.9 Å². The van der Waals surface area contributed by atoms with Crippen LogP contribution in [-0.4, -0.2) is 30.5 Å². The Bertz CT molecular complexity index is 328. The topological polar surface area (TPSA) is 21.7 Å². The summed E-state index contributed by atoms with van der Waals surface area (Å²) in [7, 11) is 0. The fourth-order valence-corrected chi connectivity index (χ4v) is 2.16. The molecule has 0 aliphatic carbocycles. The van der Waals surface area contributed by atoms with Crippen molar-refractivity contribution >= 4 is 0 Å². The van der Waals surface area contributed by atoms with Crippen molar-refractivity contribution in [2.75, 3.05) is 19.8 Å². The predicted molar refractivity (Wildman–Crippen MR) is 62.8 cm³/mol. The van der Waals surface area contributed by atoms with E-state index in [0.717, 1.165) is 13.0 Å². The molecule has 2 rings (SSSR count). The lowest BCUT2D eigenvalue weighted by atomic mass is 10.0. The van der Waals surface area contributed by atoms with Crippen LogP contribution >= 0.6 is 0 Å². The van der Waals surface area contributed by atoms with Crippen LogP contribution in [0.5, 0.6) is 0 Å². The summed E-state index contributed by atoms with van der Waals surface area (Å²) in [5.41, 5.74) is 0.933. The first-order valence-corrected chi connectivity index (χ1v) is 5.83. The van der Waals surface area contributed by atoms with Gasteiger partial charge >= 0.3 is 0 Å². The minimum absolute atomic E-state index is 0.339. The van der Waals surface area contributed by atoms with E-state index in [0.29, 0.717) is 13.2 Å². The molecule has 0 amide bonds. The van der Waals surface area contributed by atoms with E-state index in [9.17, 15) is 0 Å². The van der Waals surface area contributed by atoms with E-state index in [2.05, 4.69) is 38.1 Å². The molecule has 3 heteroatoms. The summed E-state index contributed by atoms with van der Waals surface area (Å²) in [4.78, 5) is 5.62. The minimum Gasteiger partial charge on any atom is -0.356 e. The molecule has 16 heavy (non-hydrogen) atoms. The molecule has 0 aromatic heterocycles. The molecular weight excluding hydrogens is 202 g/mol. The largest absolute Gasteiger partial charge is 0.356 e. The second-order valence-electron chi connectivity index (χ2n) is 4.21. The van der Waals surface area contributed by atoms with Crippen LogP contribution < -0.4 is 0 Å². The van der Waals surface area contributed by atoms with Gasteiger partial charge in [0.1, 0.15) is 5.72 Å². The van der Waals surface area contributed by atoms with Gasteiger partial charge in [0.05, 0.1) is 13.2 Å². The molecule has 1 fully saturated rings. The molecule has 0 bridgehead atoms. The Balaban J connectivity index is 2.11. The van der Waals surface area contributed by atoms with Crippen LogP contribution in [-0.2, 0) is 16.0 Å². The highest BCUT2D eigenvalue weighted by Gasteiger charge is 2.36. The fraction of sp³-hybridized carbons (Fsp3) is 0.538. The molecule has 1 saturated heterocycles. The number of benzene rings is 1. The summed E-state index contributed by atoms with van der Waals surface area (Å²) in [5, 5.41) is 1.93. The SMILES string of the molecule is CCN1OCCOC1(C)Cc1ccccc1. The van der Waals surface area contributed by atoms with E-state index in [4.69, 9.17) is 9.57 Å². The summed E-state index contributed by atoms with van der Waals surface area (Å²) in [5.74, 6) is 0. The Kier molecular flexibility index (Phi) is 3.59. The average molecular weight is 221 g/mol. The number of hydrogen-bond acceptors (Lipinski definition) is 3. The first kappa shape index (κ1) is 11.6. The van der Waals surface area contributed by atoms with E-state index >= 15 is 0 Å². The van der Waals surface area contributed by atoms with Gasteiger partial charge < -0.3 is 4.74 Å². The zero-order valence-corrected chi connectivity index (χ0v) is 9.98. The van der Waals surface area contributed by atoms with E-state index in [1.807, 2.05) is 11.1 Å². The molecule has 1 atom stereocenters. The predicted octanol–water partition coefficient (Wildman–Crippen LogP) is 2.23. The smallest absolute Gasteiger partial charge is 0.145 e. The van der Waals surface area contributed by atoms with Crippen molar-refractivity contribution in [2.45, 2.75) is 26.0 Å². The van der Waals surface area contributed by atoms with Gasteiger partial charge in [-0.1, -0.05) is 30.3 Å². The lowest BCUT2D eigenvalue weighted by Crippen LogP contribution is -2.54. The Morgan fingerprint density at radius 3 is 2.69 bits per heavy atom. The van der Waals surface area contributed by atoms with Gasteiger partial charge in [-0.05, 0) is 19.4 Å². The highest BCUT2D eigenvalue weighted by molar-refractivity contribution is 5.16. The quantitative estimate of drug-likeness (QED) is 0.781. The van der Waals surface area contributed by atoms with Gasteiger partial charge in [-0.15, -0.1) is 0 Å². The van der Waals surface area contributed by atoms with Gasteiger partial charge in [-0.2, -0.15) is 5.06 Å². The lowest BCUT2D eigenvalue weighted by Gasteiger charge is -2.43. The van der Waals surface area contributed by atoms with Gasteiger partial charge in [0.15, 0.2) is 0 Å². The highest BCUT2D eigenvalue weighted by Crippen LogP contribution is 2.25. The van der Waals surface area contributed by atoms with Crippen molar-refractivity contribution in [1.29, 1.82) is 0 Å². The summed E-state index contributed by atoms with van der Waals surface area (Å²) in [6, 6.07) is 10.4. The maximum atomic E-state index is 5.87. The minimum atomic E-state index is -0.339. The van der Waals surface area contributed by atoms with Gasteiger partial charge in [0.25, 0.3) is 0 Å². The molecule has 1 aromatic carbocycles. The van der Waals surface area contributed by atoms with Crippen LogP contribution in [0.25, 0.3) is 0 Å². The Morgan fingerprint density at radius 2 is 2.00 bits per heavy atom. The number of nitrogens with zero attached hydrogens (tertiary/aromatic N) is 1. The van der Waals surface area contributed by atoms with E-state index in [1.165, 1.54) is 5.56 Å². The Morgan fingerprint density at radius 1 is 1.25 bits per heavy atom. The summed E-state index contributed by atoms with van der Waals surface area (Å²) >= 11 is 0. The maximum Gasteiger partial charge on any atom is 0.145 e. The Hall–Kier alpha value is -0.900. The van der Waals surface area contributed by atoms with Gasteiger partial charge in [0.2, 0.25) is 0 Å². The normalized spacial score (nSPS) is 26.9. The first-order chi connectivity index (χ1) is 7.74. The first-order valence-electron chi connectivity index (χ1n) is 5.83. The monoisotopic (exact) mass is 221 g/mol. The van der Waals surface area contributed by atoms with E-state index < -0.39 is 0 Å². The van der Waals surface area contributed by atoms with Crippen LogP contribution in [0.2, 0.25) is 0 Å². The molecule has 1 unspecified atom stereocenters. The molecule has 88 valence electrons. The second-order valence-corrected chi connectivity index (χ2v) is 4.21. The molecule has 0 saturated carbocycles. The number of ether oxygens (including phenoxy) is 1. The van der Waals surface area contributed by atoms with Gasteiger partial charge in [-0.3, -0.25) is 4.84 Å². The van der Waals surface area contributed by atoms with Gasteiger partial charge in [0, 0.05) is 13.0 Å². The van der Waals surface area contributed by atoms with Crippen LogP contribution in [0.4, 0.5) is 0 Å². The van der Waals surface area contributed by atoms with Crippen LogP contribution in [0, 0.1) is 0 Å². The fourth-order valence-electron chi connectivity index (χ4n) is 2.16. The third kappa shape index (κ3) is 2.43. The van der Waals surface area contributed by atoms with Crippen molar-refractivity contribution in [1.82, 2.24) is 5.06 Å². The van der Waals surface area contributed by atoms with Crippen LogP contribution in [0.15, 0.2) is 30.3 Å². The molecule has 1 aliphatic heterocycles. The summed E-state index contributed by atoms with van der Waals surface area (Å²) in [6.07, 6.45) is 0.849. The third-order valence-corrected chi connectivity index (χ3v) is 2.93. The van der Waals surface area contributed by atoms with Crippen LogP contribution in [0.3, 0.4) is 0 Å². The zero-order valence-electron chi connectivity index (χ0n) is 9.98. The zero-order chi connectivity index (χ0) is 11.4.